The number of hydrogen-bond acceptors (Lipinski definition) is 4. The highest BCUT2D eigenvalue weighted by Gasteiger charge is 2.67. The lowest BCUT2D eigenvalue weighted by molar-refractivity contribution is -0.144. The summed E-state index contributed by atoms with van der Waals surface area (Å²) in [6, 6.07) is 0. The molecule has 2 aliphatic rings. The molecule has 0 radical (unpaired) electrons. The van der Waals surface area contributed by atoms with Crippen molar-refractivity contribution in [1.29, 1.82) is 0 Å². The van der Waals surface area contributed by atoms with Crippen LogP contribution in [0.15, 0.2) is 0 Å². The molecule has 74 valence electrons. The molecule has 1 heterocycles. The van der Waals surface area contributed by atoms with Gasteiger partial charge >= 0.3 is 5.97 Å². The van der Waals surface area contributed by atoms with Gasteiger partial charge in [-0.3, -0.25) is 0 Å². The van der Waals surface area contributed by atoms with Crippen molar-refractivity contribution in [1.82, 2.24) is 0 Å². The minimum absolute atomic E-state index is 0.111. The minimum atomic E-state index is -0.254. The Morgan fingerprint density at radius 1 is 1.69 bits per heavy atom. The molecule has 1 saturated carbocycles. The first kappa shape index (κ1) is 9.34. The van der Waals surface area contributed by atoms with E-state index < -0.39 is 0 Å². The lowest BCUT2D eigenvalue weighted by Gasteiger charge is -2.31. The summed E-state index contributed by atoms with van der Waals surface area (Å²) in [6.45, 7) is 2.26. The maximum absolute atomic E-state index is 11.3. The molecule has 1 spiro atoms. The molecule has 2 fully saturated rings. The molecule has 1 aliphatic carbocycles. The number of thioether (sulfide) groups is 1. The summed E-state index contributed by atoms with van der Waals surface area (Å²) in [5.74, 6) is -0.179. The Balaban J connectivity index is 1.80. The van der Waals surface area contributed by atoms with Crippen LogP contribution in [0, 0.1) is 0 Å². The molecular formula is C9H14O3S. The maximum Gasteiger partial charge on any atom is 0.338 e. The van der Waals surface area contributed by atoms with Crippen LogP contribution in [-0.2, 0) is 14.3 Å². The van der Waals surface area contributed by atoms with E-state index in [0.717, 1.165) is 12.8 Å². The molecular weight excluding hydrogens is 188 g/mol. The highest BCUT2D eigenvalue weighted by Crippen LogP contribution is 2.55. The van der Waals surface area contributed by atoms with Crippen LogP contribution in [0.25, 0.3) is 0 Å². The van der Waals surface area contributed by atoms with Gasteiger partial charge in [0.15, 0.2) is 6.10 Å². The van der Waals surface area contributed by atoms with Crippen molar-refractivity contribution in [2.24, 2.45) is 0 Å². The first-order chi connectivity index (χ1) is 6.22. The fraction of sp³-hybridized carbons (Fsp3) is 0.889. The van der Waals surface area contributed by atoms with Gasteiger partial charge in [0.2, 0.25) is 0 Å². The summed E-state index contributed by atoms with van der Waals surface area (Å²) in [6.07, 6.45) is 3.87. The van der Waals surface area contributed by atoms with E-state index in [1.54, 1.807) is 0 Å². The standard InChI is InChI=1S/C9H14O3S/c1-3-11-8(10)7-9(12-7)4-6(5-9)13-2/h6-7H,3-5H2,1-2H3. The van der Waals surface area contributed by atoms with E-state index in [9.17, 15) is 4.79 Å². The average molecular weight is 202 g/mol. The van der Waals surface area contributed by atoms with Crippen molar-refractivity contribution >= 4 is 17.7 Å². The van der Waals surface area contributed by atoms with Crippen LogP contribution >= 0.6 is 11.8 Å². The second-order valence-corrected chi connectivity index (χ2v) is 4.72. The zero-order chi connectivity index (χ0) is 9.47. The Bertz CT molecular complexity index is 223. The average Bonchev–Trinajstić information content (AvgIpc) is 2.76. The second-order valence-electron chi connectivity index (χ2n) is 3.58. The first-order valence-electron chi connectivity index (χ1n) is 4.59. The number of hydrogen-bond donors (Lipinski definition) is 0. The zero-order valence-corrected chi connectivity index (χ0v) is 8.73. The van der Waals surface area contributed by atoms with Gasteiger partial charge < -0.3 is 9.47 Å². The molecule has 1 unspecified atom stereocenters. The van der Waals surface area contributed by atoms with Gasteiger partial charge in [-0.05, 0) is 26.0 Å². The van der Waals surface area contributed by atoms with Gasteiger partial charge in [0.05, 0.1) is 6.61 Å². The highest BCUT2D eigenvalue weighted by molar-refractivity contribution is 7.99. The monoisotopic (exact) mass is 202 g/mol. The number of ether oxygens (including phenoxy) is 2. The van der Waals surface area contributed by atoms with Gasteiger partial charge in [0, 0.05) is 5.25 Å². The SMILES string of the molecule is CCOC(=O)C1OC12CC(SC)C2. The third-order valence-electron chi connectivity index (χ3n) is 2.75. The fourth-order valence-corrected chi connectivity index (χ4v) is 2.77. The number of carbonyl (C=O) groups is 1. The van der Waals surface area contributed by atoms with Gasteiger partial charge in [-0.25, -0.2) is 4.79 Å². The first-order valence-corrected chi connectivity index (χ1v) is 5.88. The number of carbonyl (C=O) groups excluding carboxylic acids is 1. The van der Waals surface area contributed by atoms with Crippen LogP contribution in [0.3, 0.4) is 0 Å². The quantitative estimate of drug-likeness (QED) is 0.509. The van der Waals surface area contributed by atoms with E-state index in [1.165, 1.54) is 0 Å². The van der Waals surface area contributed by atoms with Gasteiger partial charge in [0.25, 0.3) is 0 Å². The fourth-order valence-electron chi connectivity index (χ4n) is 1.87. The van der Waals surface area contributed by atoms with Crippen LogP contribution in [0.5, 0.6) is 0 Å². The molecule has 2 rings (SSSR count). The van der Waals surface area contributed by atoms with Crippen molar-refractivity contribution < 1.29 is 14.3 Å². The summed E-state index contributed by atoms with van der Waals surface area (Å²) in [4.78, 5) is 11.3. The van der Waals surface area contributed by atoms with Crippen LogP contribution in [0.4, 0.5) is 0 Å². The maximum atomic E-state index is 11.3. The van der Waals surface area contributed by atoms with E-state index in [1.807, 2.05) is 18.7 Å². The predicted molar refractivity (Wildman–Crippen MR) is 50.8 cm³/mol. The molecule has 0 N–H and O–H groups in total. The molecule has 0 aromatic heterocycles. The lowest BCUT2D eigenvalue weighted by atomic mass is 9.81. The van der Waals surface area contributed by atoms with E-state index in [4.69, 9.17) is 9.47 Å². The Morgan fingerprint density at radius 3 is 2.92 bits per heavy atom. The predicted octanol–water partition coefficient (Wildman–Crippen LogP) is 1.21. The Morgan fingerprint density at radius 2 is 2.38 bits per heavy atom. The molecule has 0 aromatic rings. The Hall–Kier alpha value is -0.220. The van der Waals surface area contributed by atoms with Gasteiger partial charge in [-0.1, -0.05) is 0 Å². The lowest BCUT2D eigenvalue weighted by Crippen LogP contribution is -2.38. The summed E-state index contributed by atoms with van der Waals surface area (Å²) >= 11 is 1.85. The molecule has 1 saturated heterocycles. The van der Waals surface area contributed by atoms with Crippen LogP contribution in [0.1, 0.15) is 19.8 Å². The van der Waals surface area contributed by atoms with E-state index in [0.29, 0.717) is 11.9 Å². The minimum Gasteiger partial charge on any atom is -0.464 e. The molecule has 13 heavy (non-hydrogen) atoms. The van der Waals surface area contributed by atoms with E-state index in [-0.39, 0.29) is 17.7 Å². The third-order valence-corrected chi connectivity index (χ3v) is 3.75. The summed E-state index contributed by atoms with van der Waals surface area (Å²) in [5, 5.41) is 0.680. The Kier molecular flexibility index (Phi) is 2.28. The van der Waals surface area contributed by atoms with Crippen molar-refractivity contribution in [3.8, 4) is 0 Å². The second kappa shape index (κ2) is 3.17. The topological polar surface area (TPSA) is 38.8 Å². The van der Waals surface area contributed by atoms with Crippen LogP contribution < -0.4 is 0 Å². The molecule has 0 amide bonds. The molecule has 3 nitrogen and oxygen atoms in total. The normalized spacial score (nSPS) is 41.4. The van der Waals surface area contributed by atoms with E-state index in [2.05, 4.69) is 6.26 Å². The van der Waals surface area contributed by atoms with Crippen molar-refractivity contribution in [3.05, 3.63) is 0 Å². The zero-order valence-electron chi connectivity index (χ0n) is 7.91. The smallest absolute Gasteiger partial charge is 0.338 e. The summed E-state index contributed by atoms with van der Waals surface area (Å²) in [7, 11) is 0. The van der Waals surface area contributed by atoms with E-state index >= 15 is 0 Å². The van der Waals surface area contributed by atoms with Crippen molar-refractivity contribution in [2.75, 3.05) is 12.9 Å². The van der Waals surface area contributed by atoms with Crippen molar-refractivity contribution in [2.45, 2.75) is 36.7 Å². The molecule has 0 aromatic carbocycles. The van der Waals surface area contributed by atoms with Crippen LogP contribution in [0.2, 0.25) is 0 Å². The highest BCUT2D eigenvalue weighted by atomic mass is 32.2. The third kappa shape index (κ3) is 1.46. The number of esters is 1. The largest absolute Gasteiger partial charge is 0.464 e. The summed E-state index contributed by atoms with van der Waals surface area (Å²) in [5.41, 5.74) is -0.111. The number of rotatable bonds is 3. The molecule has 4 heteroatoms. The Labute approximate surface area is 82.2 Å². The molecule has 1 atom stereocenters. The van der Waals surface area contributed by atoms with Crippen molar-refractivity contribution in [3.63, 3.8) is 0 Å². The molecule has 1 aliphatic heterocycles. The van der Waals surface area contributed by atoms with Gasteiger partial charge in [-0.2, -0.15) is 11.8 Å². The van der Waals surface area contributed by atoms with Gasteiger partial charge in [0.1, 0.15) is 5.60 Å². The number of epoxide rings is 1. The van der Waals surface area contributed by atoms with Gasteiger partial charge in [-0.15, -0.1) is 0 Å². The summed E-state index contributed by atoms with van der Waals surface area (Å²) < 4.78 is 10.3. The van der Waals surface area contributed by atoms with Crippen LogP contribution in [-0.4, -0.2) is 35.8 Å². The molecule has 0 bridgehead atoms.